The van der Waals surface area contributed by atoms with Crippen LogP contribution in [0, 0.1) is 0 Å². The summed E-state index contributed by atoms with van der Waals surface area (Å²) in [6.07, 6.45) is 3.49. The standard InChI is InChI=1S/C28H24N2O4S4/c1-3-5-11-29-25(31)15-13-21(37-23(15)27(29)33)19-9-7-17(35-19)18-8-10-20(36-18)22-14-16-24(38-22)28(34)30(26(16)32)12-6-4-2/h7-10,13-14H,3-6,11-12H2,1-2H3. The maximum atomic E-state index is 12.8. The Morgan fingerprint density at radius 1 is 0.526 bits per heavy atom. The number of amides is 4. The Bertz CT molecular complexity index is 1420. The van der Waals surface area contributed by atoms with E-state index in [1.54, 1.807) is 22.7 Å². The first-order valence-corrected chi connectivity index (χ1v) is 15.9. The van der Waals surface area contributed by atoms with Crippen LogP contribution in [0.4, 0.5) is 0 Å². The minimum absolute atomic E-state index is 0.178. The van der Waals surface area contributed by atoms with Crippen molar-refractivity contribution in [3.05, 3.63) is 57.3 Å². The van der Waals surface area contributed by atoms with Crippen LogP contribution in [0.1, 0.15) is 79.6 Å². The van der Waals surface area contributed by atoms with E-state index in [2.05, 4.69) is 12.1 Å². The van der Waals surface area contributed by atoms with Gasteiger partial charge < -0.3 is 0 Å². The van der Waals surface area contributed by atoms with E-state index in [0.717, 1.165) is 54.9 Å². The molecule has 4 aromatic rings. The fourth-order valence-electron chi connectivity index (χ4n) is 4.62. The van der Waals surface area contributed by atoms with Gasteiger partial charge in [-0.2, -0.15) is 0 Å². The number of carbonyl (C=O) groups excluding carboxylic acids is 4. The molecule has 38 heavy (non-hydrogen) atoms. The first kappa shape index (κ1) is 25.4. The summed E-state index contributed by atoms with van der Waals surface area (Å²) >= 11 is 6.03. The lowest BCUT2D eigenvalue weighted by Gasteiger charge is -2.12. The lowest BCUT2D eigenvalue weighted by molar-refractivity contribution is 0.0638. The average Bonchev–Trinajstić information content (AvgIpc) is 3.74. The number of carbonyl (C=O) groups is 4. The Labute approximate surface area is 236 Å². The Balaban J connectivity index is 1.21. The van der Waals surface area contributed by atoms with Crippen molar-refractivity contribution in [2.75, 3.05) is 13.1 Å². The summed E-state index contributed by atoms with van der Waals surface area (Å²) in [5, 5.41) is 0. The molecule has 0 saturated carbocycles. The summed E-state index contributed by atoms with van der Waals surface area (Å²) in [4.78, 5) is 60.9. The molecule has 2 aliphatic heterocycles. The predicted octanol–water partition coefficient (Wildman–Crippen LogP) is 7.73. The lowest BCUT2D eigenvalue weighted by Crippen LogP contribution is -2.30. The van der Waals surface area contributed by atoms with Gasteiger partial charge in [0.1, 0.15) is 9.75 Å². The van der Waals surface area contributed by atoms with Crippen LogP contribution in [-0.2, 0) is 0 Å². The van der Waals surface area contributed by atoms with Crippen LogP contribution in [0.15, 0.2) is 36.4 Å². The zero-order chi connectivity index (χ0) is 26.6. The highest BCUT2D eigenvalue weighted by molar-refractivity contribution is 7.29. The fourth-order valence-corrected chi connectivity index (χ4v) is 9.09. The van der Waals surface area contributed by atoms with Crippen LogP contribution in [0.25, 0.3) is 29.3 Å². The topological polar surface area (TPSA) is 74.8 Å². The van der Waals surface area contributed by atoms with E-state index in [4.69, 9.17) is 0 Å². The third-order valence-electron chi connectivity index (χ3n) is 6.71. The largest absolute Gasteiger partial charge is 0.274 e. The van der Waals surface area contributed by atoms with Gasteiger partial charge in [0, 0.05) is 42.4 Å². The van der Waals surface area contributed by atoms with Gasteiger partial charge in [-0.1, -0.05) is 26.7 Å². The summed E-state index contributed by atoms with van der Waals surface area (Å²) in [5.74, 6) is -0.729. The maximum Gasteiger partial charge on any atom is 0.271 e. The Kier molecular flexibility index (Phi) is 6.67. The molecule has 4 aromatic heterocycles. The lowest BCUT2D eigenvalue weighted by atomic mass is 10.2. The normalized spacial score (nSPS) is 14.8. The zero-order valence-corrected chi connectivity index (χ0v) is 24.1. The van der Waals surface area contributed by atoms with Crippen molar-refractivity contribution in [1.82, 2.24) is 9.80 Å². The summed E-state index contributed by atoms with van der Waals surface area (Å²) in [6, 6.07) is 11.9. The highest BCUT2D eigenvalue weighted by Gasteiger charge is 2.38. The fraction of sp³-hybridized carbons (Fsp3) is 0.286. The van der Waals surface area contributed by atoms with Gasteiger partial charge in [0.2, 0.25) is 0 Å². The van der Waals surface area contributed by atoms with Crippen molar-refractivity contribution in [1.29, 1.82) is 0 Å². The number of hydrogen-bond acceptors (Lipinski definition) is 8. The second-order valence-corrected chi connectivity index (χ2v) is 13.5. The van der Waals surface area contributed by atoms with E-state index in [-0.39, 0.29) is 23.6 Å². The van der Waals surface area contributed by atoms with Gasteiger partial charge >= 0.3 is 0 Å². The third kappa shape index (κ3) is 4.10. The van der Waals surface area contributed by atoms with Crippen molar-refractivity contribution >= 4 is 69.0 Å². The first-order chi connectivity index (χ1) is 18.4. The molecule has 0 atom stereocenters. The molecule has 0 fully saturated rings. The number of fused-ring (bicyclic) bond motifs is 2. The quantitative estimate of drug-likeness (QED) is 0.190. The summed E-state index contributed by atoms with van der Waals surface area (Å²) in [7, 11) is 0. The number of hydrogen-bond donors (Lipinski definition) is 0. The van der Waals surface area contributed by atoms with Crippen LogP contribution in [-0.4, -0.2) is 46.5 Å². The molecular weight excluding hydrogens is 557 g/mol. The first-order valence-electron chi connectivity index (χ1n) is 12.6. The number of unbranched alkanes of at least 4 members (excludes halogenated alkanes) is 2. The van der Waals surface area contributed by atoms with E-state index in [1.807, 2.05) is 38.1 Å². The highest BCUT2D eigenvalue weighted by Crippen LogP contribution is 2.45. The molecule has 0 spiro atoms. The number of rotatable bonds is 9. The molecular formula is C28H24N2O4S4. The number of thiophene rings is 4. The molecule has 2 aliphatic rings. The van der Waals surface area contributed by atoms with E-state index >= 15 is 0 Å². The minimum atomic E-state index is -0.186. The third-order valence-corrected chi connectivity index (χ3v) is 11.7. The number of nitrogens with zero attached hydrogens (tertiary/aromatic N) is 2. The monoisotopic (exact) mass is 580 g/mol. The second kappa shape index (κ2) is 10.00. The molecule has 6 nitrogen and oxygen atoms in total. The Morgan fingerprint density at radius 3 is 1.24 bits per heavy atom. The smallest absolute Gasteiger partial charge is 0.271 e. The summed E-state index contributed by atoms with van der Waals surface area (Å²) in [5.41, 5.74) is 1.03. The van der Waals surface area contributed by atoms with Crippen molar-refractivity contribution in [3.8, 4) is 29.3 Å². The SMILES string of the molecule is CCCCN1C(=O)c2cc(-c3ccc(-c4ccc(-c5cc6c(s5)C(=O)N(CCCC)C6=O)s4)s3)sc2C1=O. The molecule has 0 bridgehead atoms. The van der Waals surface area contributed by atoms with Gasteiger partial charge in [-0.05, 0) is 49.2 Å². The van der Waals surface area contributed by atoms with Crippen molar-refractivity contribution in [2.45, 2.75) is 39.5 Å². The molecule has 4 amide bonds. The van der Waals surface area contributed by atoms with Gasteiger partial charge in [0.15, 0.2) is 0 Å². The molecule has 10 heteroatoms. The summed E-state index contributed by atoms with van der Waals surface area (Å²) in [6.45, 7) is 5.03. The molecule has 6 heterocycles. The van der Waals surface area contributed by atoms with E-state index in [0.29, 0.717) is 34.0 Å². The molecule has 0 aromatic carbocycles. The van der Waals surface area contributed by atoms with Crippen LogP contribution in [0.5, 0.6) is 0 Å². The summed E-state index contributed by atoms with van der Waals surface area (Å²) < 4.78 is 0. The van der Waals surface area contributed by atoms with Crippen LogP contribution in [0.2, 0.25) is 0 Å². The number of imide groups is 2. The maximum absolute atomic E-state index is 12.8. The zero-order valence-electron chi connectivity index (χ0n) is 20.9. The molecule has 0 radical (unpaired) electrons. The van der Waals surface area contributed by atoms with Crippen LogP contribution < -0.4 is 0 Å². The predicted molar refractivity (Wildman–Crippen MR) is 155 cm³/mol. The second-order valence-electron chi connectivity index (χ2n) is 9.27. The van der Waals surface area contributed by atoms with Gasteiger partial charge in [-0.25, -0.2) is 0 Å². The van der Waals surface area contributed by atoms with Gasteiger partial charge in [0.25, 0.3) is 23.6 Å². The molecule has 0 unspecified atom stereocenters. The van der Waals surface area contributed by atoms with Crippen molar-refractivity contribution in [2.24, 2.45) is 0 Å². The van der Waals surface area contributed by atoms with Crippen molar-refractivity contribution in [3.63, 3.8) is 0 Å². The van der Waals surface area contributed by atoms with Crippen LogP contribution >= 0.6 is 45.3 Å². The van der Waals surface area contributed by atoms with E-state index in [9.17, 15) is 19.2 Å². The van der Waals surface area contributed by atoms with Gasteiger partial charge in [-0.3, -0.25) is 29.0 Å². The van der Waals surface area contributed by atoms with Gasteiger partial charge in [0.05, 0.1) is 11.1 Å². The Hall–Kier alpha value is -2.92. The average molecular weight is 581 g/mol. The minimum Gasteiger partial charge on any atom is -0.274 e. The van der Waals surface area contributed by atoms with Gasteiger partial charge in [-0.15, -0.1) is 45.3 Å². The Morgan fingerprint density at radius 2 is 0.895 bits per heavy atom. The molecule has 194 valence electrons. The molecule has 0 N–H and O–H groups in total. The molecule has 0 aliphatic carbocycles. The highest BCUT2D eigenvalue weighted by atomic mass is 32.1. The molecule has 0 saturated heterocycles. The van der Waals surface area contributed by atoms with Crippen molar-refractivity contribution < 1.29 is 19.2 Å². The van der Waals surface area contributed by atoms with Crippen LogP contribution in [0.3, 0.4) is 0 Å². The molecule has 6 rings (SSSR count). The van der Waals surface area contributed by atoms with E-state index in [1.165, 1.54) is 32.5 Å². The van der Waals surface area contributed by atoms with E-state index < -0.39 is 0 Å².